The van der Waals surface area contributed by atoms with E-state index in [2.05, 4.69) is 0 Å². The fraction of sp³-hybridized carbons (Fsp3) is 0.471. The fourth-order valence-corrected chi connectivity index (χ4v) is 3.37. The molecule has 1 N–H and O–H groups in total. The number of alkyl halides is 17. The molecule has 0 aliphatic heterocycles. The molecule has 0 amide bonds. The third-order valence-corrected chi connectivity index (χ3v) is 5.11. The molecule has 2 nitrogen and oxygen atoms in total. The Hall–Kier alpha value is -2.76. The number of halogens is 17. The molecule has 0 bridgehead atoms. The lowest BCUT2D eigenvalue weighted by atomic mass is 9.74. The molecule has 0 spiro atoms. The number of ketones is 1. The third kappa shape index (κ3) is 3.51. The first-order chi connectivity index (χ1) is 15.6. The van der Waals surface area contributed by atoms with Crippen molar-refractivity contribution in [3.8, 4) is 0 Å². The highest BCUT2D eigenvalue weighted by atomic mass is 19.4. The van der Waals surface area contributed by atoms with Gasteiger partial charge in [0.05, 0.1) is 11.1 Å². The average molecular weight is 564 g/mol. The van der Waals surface area contributed by atoms with Gasteiger partial charge in [0, 0.05) is 11.6 Å². The minimum Gasteiger partial charge on any atom is -0.507 e. The highest BCUT2D eigenvalue weighted by Gasteiger charge is 3.06. The first-order valence-corrected chi connectivity index (χ1v) is 8.46. The van der Waals surface area contributed by atoms with Crippen LogP contribution in [0.4, 0.5) is 74.6 Å². The summed E-state index contributed by atoms with van der Waals surface area (Å²) in [4.78, 5) is 11.9. The maximum Gasteiger partial charge on any atom is 0.417 e. The van der Waals surface area contributed by atoms with E-state index < -0.39 is 94.1 Å². The van der Waals surface area contributed by atoms with Gasteiger partial charge in [-0.25, -0.2) is 0 Å². The number of aliphatic hydroxyl groups is 1. The second kappa shape index (κ2) is 7.62. The maximum atomic E-state index is 14.0. The summed E-state index contributed by atoms with van der Waals surface area (Å²) in [5.41, 5.74) is -14.2. The smallest absolute Gasteiger partial charge is 0.417 e. The van der Waals surface area contributed by atoms with E-state index in [1.165, 1.54) is 0 Å². The number of rotatable bonds is 3. The van der Waals surface area contributed by atoms with Gasteiger partial charge in [0.2, 0.25) is 0 Å². The average Bonchev–Trinajstić information content (AvgIpc) is 2.70. The molecule has 1 aliphatic rings. The Labute approximate surface area is 186 Å². The van der Waals surface area contributed by atoms with Crippen LogP contribution in [0.3, 0.4) is 0 Å². The monoisotopic (exact) mass is 564 g/mol. The van der Waals surface area contributed by atoms with E-state index in [0.717, 1.165) is 0 Å². The zero-order chi connectivity index (χ0) is 28.7. The summed E-state index contributed by atoms with van der Waals surface area (Å²) in [5, 5.41) is 9.58. The summed E-state index contributed by atoms with van der Waals surface area (Å²) in [6, 6.07) is -1.39. The van der Waals surface area contributed by atoms with Crippen LogP contribution in [0.15, 0.2) is 24.3 Å². The summed E-state index contributed by atoms with van der Waals surface area (Å²) in [7, 11) is 0. The third-order valence-electron chi connectivity index (χ3n) is 5.11. The minimum atomic E-state index is -7.62. The van der Waals surface area contributed by atoms with E-state index in [1.54, 1.807) is 0 Å². The molecule has 0 unspecified atom stereocenters. The predicted molar refractivity (Wildman–Crippen MR) is 80.3 cm³/mol. The van der Waals surface area contributed by atoms with Crippen LogP contribution in [0.1, 0.15) is 16.7 Å². The Kier molecular flexibility index (Phi) is 6.24. The number of carbonyl (C=O) groups is 1. The lowest BCUT2D eigenvalue weighted by Gasteiger charge is -2.37. The summed E-state index contributed by atoms with van der Waals surface area (Å²) in [6.07, 6.45) is -20.7. The van der Waals surface area contributed by atoms with Crippen molar-refractivity contribution in [2.45, 2.75) is 42.2 Å². The Balaban J connectivity index is 2.84. The number of aliphatic hydroxyl groups excluding tert-OH is 1. The largest absolute Gasteiger partial charge is 0.507 e. The number of allylic oxidation sites excluding steroid dienone is 1. The number of carbonyl (C=O) groups excluding carboxylic acids is 1. The molecule has 1 saturated carbocycles. The number of hydrogen-bond acceptors (Lipinski definition) is 2. The molecule has 1 aromatic carbocycles. The van der Waals surface area contributed by atoms with Gasteiger partial charge in [0.15, 0.2) is 5.78 Å². The Morgan fingerprint density at radius 2 is 1.06 bits per heavy atom. The molecule has 1 aliphatic carbocycles. The van der Waals surface area contributed by atoms with E-state index >= 15 is 0 Å². The van der Waals surface area contributed by atoms with Crippen molar-refractivity contribution in [1.82, 2.24) is 0 Å². The normalized spacial score (nSPS) is 23.0. The van der Waals surface area contributed by atoms with Gasteiger partial charge < -0.3 is 5.11 Å². The Bertz CT molecular complexity index is 1060. The van der Waals surface area contributed by atoms with Gasteiger partial charge in [0.1, 0.15) is 5.76 Å². The number of benzene rings is 1. The Morgan fingerprint density at radius 1 is 0.667 bits per heavy atom. The van der Waals surface area contributed by atoms with Crippen LogP contribution >= 0.6 is 0 Å². The van der Waals surface area contributed by atoms with Crippen LogP contribution < -0.4 is 0 Å². The molecule has 1 aromatic rings. The molecule has 0 heterocycles. The topological polar surface area (TPSA) is 37.3 Å². The molecule has 0 atom stereocenters. The standard InChI is InChI=1S/C17H5F17O2/c18-11(19,20)6-2-1-5(3-7(6)12(21,22)23)8(35)4-9(36)10(17(32,33)34)13(24,25)15(28,29)16(30,31)14(10,26)27/h1-4,35H/b8-4-. The molecule has 1 fully saturated rings. The van der Waals surface area contributed by atoms with Crippen molar-refractivity contribution >= 4 is 11.5 Å². The first kappa shape index (κ1) is 29.5. The van der Waals surface area contributed by atoms with Crippen LogP contribution in [0.2, 0.25) is 0 Å². The fourth-order valence-electron chi connectivity index (χ4n) is 3.37. The van der Waals surface area contributed by atoms with Crippen molar-refractivity contribution in [2.75, 3.05) is 0 Å². The van der Waals surface area contributed by atoms with Crippen LogP contribution in [0, 0.1) is 5.41 Å². The molecule has 0 saturated heterocycles. The van der Waals surface area contributed by atoms with Crippen LogP contribution in [0.25, 0.3) is 5.76 Å². The maximum absolute atomic E-state index is 14.0. The molecule has 204 valence electrons. The van der Waals surface area contributed by atoms with Gasteiger partial charge in [-0.2, -0.15) is 74.6 Å². The molecule has 0 radical (unpaired) electrons. The van der Waals surface area contributed by atoms with Crippen LogP contribution in [0.5, 0.6) is 0 Å². The predicted octanol–water partition coefficient (Wildman–Crippen LogP) is 7.30. The van der Waals surface area contributed by atoms with E-state index in [0.29, 0.717) is 0 Å². The quantitative estimate of drug-likeness (QED) is 0.238. The second-order valence-electron chi connectivity index (χ2n) is 7.20. The van der Waals surface area contributed by atoms with Crippen molar-refractivity contribution in [3.63, 3.8) is 0 Å². The summed E-state index contributed by atoms with van der Waals surface area (Å²) in [5.74, 6) is -36.8. The van der Waals surface area contributed by atoms with Crippen molar-refractivity contribution in [2.24, 2.45) is 5.41 Å². The first-order valence-electron chi connectivity index (χ1n) is 8.46. The SMILES string of the molecule is O=C(/C=C(\O)c1ccc(C(F)(F)F)c(C(F)(F)F)c1)C1(C(F)(F)F)C(F)(F)C(F)(F)C(F)(F)C1(F)F. The van der Waals surface area contributed by atoms with E-state index in [4.69, 9.17) is 0 Å². The molecular weight excluding hydrogens is 559 g/mol. The van der Waals surface area contributed by atoms with Gasteiger partial charge in [-0.15, -0.1) is 0 Å². The molecule has 2 rings (SSSR count). The number of hydrogen-bond donors (Lipinski definition) is 1. The van der Waals surface area contributed by atoms with E-state index in [9.17, 15) is 84.5 Å². The molecule has 0 aromatic heterocycles. The summed E-state index contributed by atoms with van der Waals surface area (Å²) < 4.78 is 227. The zero-order valence-electron chi connectivity index (χ0n) is 16.1. The van der Waals surface area contributed by atoms with E-state index in [1.807, 2.05) is 0 Å². The summed E-state index contributed by atoms with van der Waals surface area (Å²) >= 11 is 0. The molecule has 19 heteroatoms. The highest BCUT2D eigenvalue weighted by molar-refractivity contribution is 6.02. The molecule has 36 heavy (non-hydrogen) atoms. The lowest BCUT2D eigenvalue weighted by Crippen LogP contribution is -2.64. The Morgan fingerprint density at radius 3 is 1.39 bits per heavy atom. The summed E-state index contributed by atoms with van der Waals surface area (Å²) in [6.45, 7) is 0. The van der Waals surface area contributed by atoms with Crippen molar-refractivity contribution in [1.29, 1.82) is 0 Å². The molecular formula is C17H5F17O2. The minimum absolute atomic E-state index is 0.203. The van der Waals surface area contributed by atoms with Gasteiger partial charge >= 0.3 is 42.2 Å². The van der Waals surface area contributed by atoms with Crippen molar-refractivity contribution in [3.05, 3.63) is 41.0 Å². The lowest BCUT2D eigenvalue weighted by molar-refractivity contribution is -0.341. The van der Waals surface area contributed by atoms with Gasteiger partial charge in [0.25, 0.3) is 5.41 Å². The van der Waals surface area contributed by atoms with Crippen LogP contribution in [-0.4, -0.2) is 40.8 Å². The zero-order valence-corrected chi connectivity index (χ0v) is 16.1. The van der Waals surface area contributed by atoms with Crippen LogP contribution in [-0.2, 0) is 17.1 Å². The van der Waals surface area contributed by atoms with E-state index in [-0.39, 0.29) is 6.07 Å². The van der Waals surface area contributed by atoms with Gasteiger partial charge in [-0.05, 0) is 12.1 Å². The van der Waals surface area contributed by atoms with Gasteiger partial charge in [-0.1, -0.05) is 6.07 Å². The van der Waals surface area contributed by atoms with Gasteiger partial charge in [-0.3, -0.25) is 4.79 Å². The second-order valence-corrected chi connectivity index (χ2v) is 7.20. The highest BCUT2D eigenvalue weighted by Crippen LogP contribution is 2.75. The van der Waals surface area contributed by atoms with Crippen molar-refractivity contribution < 1.29 is 84.5 Å².